The average Bonchev–Trinajstić information content (AvgIpc) is 1.95. The molecule has 0 aromatic rings. The smallest absolute Gasteiger partial charge is 0.133 e. The van der Waals surface area contributed by atoms with Crippen molar-refractivity contribution in [3.8, 4) is 12.5 Å². The predicted molar refractivity (Wildman–Crippen MR) is 40.7 cm³/mol. The van der Waals surface area contributed by atoms with Gasteiger partial charge in [-0.3, -0.25) is 0 Å². The summed E-state index contributed by atoms with van der Waals surface area (Å²) < 4.78 is 0.806. The summed E-state index contributed by atoms with van der Waals surface area (Å²) in [6.07, 6.45) is 5.36. The lowest BCUT2D eigenvalue weighted by Crippen LogP contribution is -2.42. The van der Waals surface area contributed by atoms with Gasteiger partial charge < -0.3 is 0 Å². The highest BCUT2D eigenvalue weighted by atomic mass is 15.3. The van der Waals surface area contributed by atoms with Crippen LogP contribution in [0, 0.1) is 12.5 Å². The van der Waals surface area contributed by atoms with Gasteiger partial charge in [-0.05, 0) is 20.8 Å². The molecule has 0 saturated heterocycles. The average molecular weight is 126 g/mol. The Hall–Kier alpha value is -0.480. The molecule has 0 saturated carbocycles. The molecule has 0 rings (SSSR count). The fourth-order valence-electron chi connectivity index (χ4n) is 0.945. The van der Waals surface area contributed by atoms with Crippen LogP contribution in [-0.4, -0.2) is 24.1 Å². The van der Waals surface area contributed by atoms with Crippen molar-refractivity contribution in [3.63, 3.8) is 0 Å². The van der Waals surface area contributed by atoms with Crippen LogP contribution in [0.1, 0.15) is 20.8 Å². The van der Waals surface area contributed by atoms with E-state index in [9.17, 15) is 0 Å². The van der Waals surface area contributed by atoms with E-state index >= 15 is 0 Å². The highest BCUT2D eigenvalue weighted by Crippen LogP contribution is 2.01. The molecule has 0 aliphatic carbocycles. The molecule has 1 heteroatoms. The summed E-state index contributed by atoms with van der Waals surface area (Å²) in [5.41, 5.74) is 0. The molecule has 0 N–H and O–H groups in total. The van der Waals surface area contributed by atoms with E-state index in [4.69, 9.17) is 6.42 Å². The summed E-state index contributed by atoms with van der Waals surface area (Å²) in [5, 5.41) is 0. The Morgan fingerprint density at radius 2 is 1.44 bits per heavy atom. The second-order valence-electron chi connectivity index (χ2n) is 2.22. The quantitative estimate of drug-likeness (QED) is 0.396. The van der Waals surface area contributed by atoms with E-state index in [-0.39, 0.29) is 0 Å². The van der Waals surface area contributed by atoms with Crippen molar-refractivity contribution in [1.82, 2.24) is 0 Å². The number of hydrogen-bond donors (Lipinski definition) is 0. The first-order valence-corrected chi connectivity index (χ1v) is 3.58. The Kier molecular flexibility index (Phi) is 3.34. The molecular weight excluding hydrogens is 110 g/mol. The molecule has 0 spiro atoms. The Morgan fingerprint density at radius 1 is 1.11 bits per heavy atom. The highest BCUT2D eigenvalue weighted by Gasteiger charge is 2.16. The Bertz CT molecular complexity index is 98.0. The van der Waals surface area contributed by atoms with Crippen LogP contribution in [0.25, 0.3) is 0 Å². The Morgan fingerprint density at radius 3 is 1.44 bits per heavy atom. The van der Waals surface area contributed by atoms with Crippen molar-refractivity contribution in [2.45, 2.75) is 20.8 Å². The molecule has 0 radical (unpaired) electrons. The molecule has 0 unspecified atom stereocenters. The van der Waals surface area contributed by atoms with Gasteiger partial charge in [0.1, 0.15) is 6.04 Å². The largest absolute Gasteiger partial charge is 0.247 e. The second-order valence-corrected chi connectivity index (χ2v) is 2.22. The summed E-state index contributed by atoms with van der Waals surface area (Å²) in [7, 11) is 0. The van der Waals surface area contributed by atoms with Crippen LogP contribution in [0.2, 0.25) is 0 Å². The lowest BCUT2D eigenvalue weighted by Gasteiger charge is -2.26. The number of nitrogens with zero attached hydrogens (tertiary/aromatic N) is 1. The second kappa shape index (κ2) is 3.53. The standard InChI is InChI=1S/C8H16N/c1-5-9(6-2,7-3)8-4/h1H,6-8H2,2-4H3/q+1. The minimum atomic E-state index is 0.806. The van der Waals surface area contributed by atoms with Gasteiger partial charge in [0.05, 0.1) is 19.6 Å². The summed E-state index contributed by atoms with van der Waals surface area (Å²) in [5.74, 6) is 0. The van der Waals surface area contributed by atoms with E-state index in [1.807, 2.05) is 0 Å². The third kappa shape index (κ3) is 1.73. The SMILES string of the molecule is C#C[N+](CC)(CC)CC. The zero-order chi connectivity index (χ0) is 7.33. The van der Waals surface area contributed by atoms with Crippen molar-refractivity contribution in [2.24, 2.45) is 0 Å². The monoisotopic (exact) mass is 126 g/mol. The number of quaternary nitrogens is 1. The fraction of sp³-hybridized carbons (Fsp3) is 0.750. The van der Waals surface area contributed by atoms with Gasteiger partial charge in [0, 0.05) is 0 Å². The predicted octanol–water partition coefficient (Wildman–Crippen LogP) is 1.45. The van der Waals surface area contributed by atoms with Gasteiger partial charge in [-0.2, -0.15) is 0 Å². The van der Waals surface area contributed by atoms with Crippen molar-refractivity contribution in [3.05, 3.63) is 0 Å². The fourth-order valence-corrected chi connectivity index (χ4v) is 0.945. The zero-order valence-corrected chi connectivity index (χ0v) is 6.65. The maximum absolute atomic E-state index is 5.36. The molecule has 0 aliphatic rings. The third-order valence-electron chi connectivity index (χ3n) is 2.09. The van der Waals surface area contributed by atoms with E-state index in [1.165, 1.54) is 0 Å². The summed E-state index contributed by atoms with van der Waals surface area (Å²) >= 11 is 0. The van der Waals surface area contributed by atoms with Crippen molar-refractivity contribution in [1.29, 1.82) is 0 Å². The van der Waals surface area contributed by atoms with Crippen LogP contribution in [0.3, 0.4) is 0 Å². The minimum Gasteiger partial charge on any atom is -0.247 e. The molecule has 0 aromatic heterocycles. The Balaban J connectivity index is 4.04. The summed E-state index contributed by atoms with van der Waals surface area (Å²) in [4.78, 5) is 0. The van der Waals surface area contributed by atoms with Crippen LogP contribution >= 0.6 is 0 Å². The molecule has 0 atom stereocenters. The third-order valence-corrected chi connectivity index (χ3v) is 2.09. The minimum absolute atomic E-state index is 0.806. The molecule has 1 nitrogen and oxygen atoms in total. The van der Waals surface area contributed by atoms with E-state index in [1.54, 1.807) is 0 Å². The molecule has 0 aromatic carbocycles. The van der Waals surface area contributed by atoms with E-state index in [0.29, 0.717) is 0 Å². The van der Waals surface area contributed by atoms with Crippen LogP contribution < -0.4 is 0 Å². The van der Waals surface area contributed by atoms with Gasteiger partial charge in [-0.25, -0.2) is 4.48 Å². The molecule has 0 heterocycles. The van der Waals surface area contributed by atoms with Crippen molar-refractivity contribution in [2.75, 3.05) is 19.6 Å². The van der Waals surface area contributed by atoms with E-state index in [2.05, 4.69) is 26.8 Å². The molecule has 52 valence electrons. The summed E-state index contributed by atoms with van der Waals surface area (Å²) in [6, 6.07) is 2.80. The van der Waals surface area contributed by atoms with Crippen LogP contribution in [0.5, 0.6) is 0 Å². The van der Waals surface area contributed by atoms with Gasteiger partial charge in [-0.1, -0.05) is 6.42 Å². The topological polar surface area (TPSA) is 0 Å². The van der Waals surface area contributed by atoms with Gasteiger partial charge in [-0.15, -0.1) is 0 Å². The maximum Gasteiger partial charge on any atom is 0.133 e. The number of rotatable bonds is 3. The summed E-state index contributed by atoms with van der Waals surface area (Å²) in [6.45, 7) is 9.53. The zero-order valence-electron chi connectivity index (χ0n) is 6.65. The van der Waals surface area contributed by atoms with Gasteiger partial charge >= 0.3 is 0 Å². The van der Waals surface area contributed by atoms with Crippen molar-refractivity contribution < 1.29 is 4.48 Å². The highest BCUT2D eigenvalue weighted by molar-refractivity contribution is 4.71. The van der Waals surface area contributed by atoms with Gasteiger partial charge in [0.25, 0.3) is 0 Å². The molecular formula is C8H16N+. The lowest BCUT2D eigenvalue weighted by atomic mass is 10.4. The molecule has 0 amide bonds. The molecule has 0 fully saturated rings. The van der Waals surface area contributed by atoms with E-state index in [0.717, 1.165) is 24.1 Å². The first kappa shape index (κ1) is 8.52. The van der Waals surface area contributed by atoms with Crippen molar-refractivity contribution >= 4 is 0 Å². The number of hydrogen-bond acceptors (Lipinski definition) is 0. The first-order chi connectivity index (χ1) is 4.24. The van der Waals surface area contributed by atoms with Crippen LogP contribution in [0.15, 0.2) is 0 Å². The van der Waals surface area contributed by atoms with Gasteiger partial charge in [0.2, 0.25) is 0 Å². The van der Waals surface area contributed by atoms with Crippen LogP contribution in [0.4, 0.5) is 0 Å². The maximum atomic E-state index is 5.36. The lowest BCUT2D eigenvalue weighted by molar-refractivity contribution is -0.858. The molecule has 0 aliphatic heterocycles. The molecule has 0 bridgehead atoms. The van der Waals surface area contributed by atoms with E-state index < -0.39 is 0 Å². The normalized spacial score (nSPS) is 10.9. The van der Waals surface area contributed by atoms with Gasteiger partial charge in [0.15, 0.2) is 0 Å². The first-order valence-electron chi connectivity index (χ1n) is 3.58. The molecule has 9 heavy (non-hydrogen) atoms. The Labute approximate surface area is 58.3 Å². The van der Waals surface area contributed by atoms with Crippen LogP contribution in [-0.2, 0) is 0 Å². The number of terminal acetylenes is 1.